The molecule has 2 heterocycles. The van der Waals surface area contributed by atoms with Gasteiger partial charge in [0.1, 0.15) is 5.82 Å². The van der Waals surface area contributed by atoms with Crippen molar-refractivity contribution in [2.75, 3.05) is 10.6 Å². The zero-order valence-electron chi connectivity index (χ0n) is 17.0. The van der Waals surface area contributed by atoms with Gasteiger partial charge in [0.15, 0.2) is 0 Å². The highest BCUT2D eigenvalue weighted by molar-refractivity contribution is 6.42. The van der Waals surface area contributed by atoms with E-state index in [9.17, 15) is 9.59 Å². The van der Waals surface area contributed by atoms with Crippen LogP contribution in [0.5, 0.6) is 0 Å². The number of aryl methyl sites for hydroxylation is 1. The number of H-pyrrole nitrogens is 1. The van der Waals surface area contributed by atoms with Gasteiger partial charge in [0.05, 0.1) is 15.7 Å². The highest BCUT2D eigenvalue weighted by Crippen LogP contribution is 2.27. The number of aromatic amines is 1. The molecule has 1 aromatic carbocycles. The number of anilines is 2. The first-order valence-corrected chi connectivity index (χ1v) is 10.1. The molecule has 3 rings (SSSR count). The number of urea groups is 1. The van der Waals surface area contributed by atoms with Crippen LogP contribution in [0, 0.1) is 0 Å². The molecule has 0 atom stereocenters. The van der Waals surface area contributed by atoms with Crippen LogP contribution in [-0.4, -0.2) is 25.8 Å². The Bertz CT molecular complexity index is 1150. The van der Waals surface area contributed by atoms with Gasteiger partial charge in [-0.2, -0.15) is 9.78 Å². The van der Waals surface area contributed by atoms with Crippen molar-refractivity contribution in [3.8, 4) is 5.95 Å². The van der Waals surface area contributed by atoms with Crippen molar-refractivity contribution in [2.24, 2.45) is 0 Å². The van der Waals surface area contributed by atoms with Crippen molar-refractivity contribution in [3.63, 3.8) is 0 Å². The molecule has 0 bridgehead atoms. The smallest absolute Gasteiger partial charge is 0.308 e. The van der Waals surface area contributed by atoms with E-state index in [4.69, 9.17) is 23.2 Å². The lowest BCUT2D eigenvalue weighted by Gasteiger charge is -2.13. The molecule has 2 aromatic heterocycles. The number of aromatic nitrogens is 4. The molecule has 30 heavy (non-hydrogen) atoms. The molecule has 3 N–H and O–H groups in total. The number of nitrogens with one attached hydrogen (secondary N) is 3. The van der Waals surface area contributed by atoms with E-state index in [1.807, 2.05) is 27.7 Å². The minimum Gasteiger partial charge on any atom is -0.308 e. The number of carbonyl (C=O) groups is 1. The predicted molar refractivity (Wildman–Crippen MR) is 119 cm³/mol. The van der Waals surface area contributed by atoms with E-state index >= 15 is 0 Å². The first kappa shape index (κ1) is 21.9. The van der Waals surface area contributed by atoms with Gasteiger partial charge in [-0.25, -0.2) is 9.78 Å². The summed E-state index contributed by atoms with van der Waals surface area (Å²) in [6.45, 7) is 7.90. The number of halogens is 2. The number of hydrogen-bond acceptors (Lipinski definition) is 4. The average molecular weight is 449 g/mol. The maximum atomic E-state index is 12.6. The molecule has 158 valence electrons. The van der Waals surface area contributed by atoms with Gasteiger partial charge < -0.3 is 5.32 Å². The van der Waals surface area contributed by atoms with Gasteiger partial charge in [0, 0.05) is 28.9 Å². The van der Waals surface area contributed by atoms with E-state index in [-0.39, 0.29) is 16.9 Å². The van der Waals surface area contributed by atoms with E-state index in [0.29, 0.717) is 33.7 Å². The normalized spacial score (nSPS) is 11.4. The molecule has 3 aromatic rings. The summed E-state index contributed by atoms with van der Waals surface area (Å²) in [5, 5.41) is 10.7. The second kappa shape index (κ2) is 8.49. The van der Waals surface area contributed by atoms with Crippen LogP contribution in [0.4, 0.5) is 16.3 Å². The van der Waals surface area contributed by atoms with Crippen LogP contribution in [0.3, 0.4) is 0 Å². The van der Waals surface area contributed by atoms with Crippen LogP contribution in [0.25, 0.3) is 5.95 Å². The molecule has 0 aliphatic heterocycles. The van der Waals surface area contributed by atoms with Gasteiger partial charge in [-0.15, -0.1) is 0 Å². The lowest BCUT2D eigenvalue weighted by atomic mass is 9.92. The third kappa shape index (κ3) is 5.01. The van der Waals surface area contributed by atoms with Crippen molar-refractivity contribution in [1.82, 2.24) is 19.7 Å². The molecule has 0 saturated heterocycles. The molecule has 0 radical (unpaired) electrons. The van der Waals surface area contributed by atoms with E-state index in [1.165, 1.54) is 10.7 Å². The van der Waals surface area contributed by atoms with Gasteiger partial charge in [0.25, 0.3) is 5.56 Å². The fraction of sp³-hybridized carbons (Fsp3) is 0.300. The lowest BCUT2D eigenvalue weighted by Crippen LogP contribution is -2.23. The number of hydrogen-bond donors (Lipinski definition) is 3. The third-order valence-corrected chi connectivity index (χ3v) is 4.98. The predicted octanol–water partition coefficient (Wildman–Crippen LogP) is 4.77. The van der Waals surface area contributed by atoms with E-state index in [2.05, 4.69) is 25.7 Å². The monoisotopic (exact) mass is 448 g/mol. The number of amides is 2. The summed E-state index contributed by atoms with van der Waals surface area (Å²) in [6.07, 6.45) is 0.588. The van der Waals surface area contributed by atoms with Gasteiger partial charge in [-0.3, -0.25) is 15.1 Å². The fourth-order valence-electron chi connectivity index (χ4n) is 2.63. The Labute approximate surface area is 183 Å². The molecule has 8 nitrogen and oxygen atoms in total. The summed E-state index contributed by atoms with van der Waals surface area (Å²) in [5.41, 5.74) is 1.23. The minimum atomic E-state index is -0.510. The Kier molecular flexibility index (Phi) is 6.19. The van der Waals surface area contributed by atoms with Gasteiger partial charge >= 0.3 is 6.03 Å². The lowest BCUT2D eigenvalue weighted by molar-refractivity contribution is 0.262. The Hall–Kier alpha value is -2.84. The molecule has 0 fully saturated rings. The molecule has 2 amide bonds. The zero-order valence-corrected chi connectivity index (χ0v) is 18.5. The highest BCUT2D eigenvalue weighted by atomic mass is 35.5. The van der Waals surface area contributed by atoms with Crippen molar-refractivity contribution in [1.29, 1.82) is 0 Å². The summed E-state index contributed by atoms with van der Waals surface area (Å²) in [7, 11) is 0. The third-order valence-electron chi connectivity index (χ3n) is 4.24. The van der Waals surface area contributed by atoms with E-state index < -0.39 is 6.03 Å². The van der Waals surface area contributed by atoms with Crippen LogP contribution in [0.2, 0.25) is 10.0 Å². The largest absolute Gasteiger partial charge is 0.324 e. The van der Waals surface area contributed by atoms with Crippen molar-refractivity contribution in [3.05, 3.63) is 62.1 Å². The Balaban J connectivity index is 1.96. The number of benzene rings is 1. The molecule has 0 saturated carbocycles. The van der Waals surface area contributed by atoms with E-state index in [0.717, 1.165) is 5.69 Å². The summed E-state index contributed by atoms with van der Waals surface area (Å²) >= 11 is 11.9. The number of carbonyl (C=O) groups excluding carboxylic acids is 1. The van der Waals surface area contributed by atoms with Gasteiger partial charge in [-0.05, 0) is 24.6 Å². The maximum absolute atomic E-state index is 12.6. The standard InChI is InChI=1S/C20H22Cl2N6O2/c1-5-11-9-17(29)26-18(23-11)28-16(10-15(27-28)20(2,3)4)25-19(30)24-12-6-7-13(21)14(22)8-12/h6-10H,5H2,1-4H3,(H,23,26,29)(H2,24,25,30). The Morgan fingerprint density at radius 1 is 1.13 bits per heavy atom. The van der Waals surface area contributed by atoms with Crippen LogP contribution in [0.15, 0.2) is 35.1 Å². The van der Waals surface area contributed by atoms with Crippen molar-refractivity contribution < 1.29 is 4.79 Å². The first-order chi connectivity index (χ1) is 14.1. The molecule has 0 unspecified atom stereocenters. The molecule has 0 aliphatic carbocycles. The number of rotatable bonds is 4. The highest BCUT2D eigenvalue weighted by Gasteiger charge is 2.22. The summed E-state index contributed by atoms with van der Waals surface area (Å²) in [6, 6.07) is 7.44. The van der Waals surface area contributed by atoms with Crippen molar-refractivity contribution in [2.45, 2.75) is 39.5 Å². The fourth-order valence-corrected chi connectivity index (χ4v) is 2.92. The van der Waals surface area contributed by atoms with E-state index in [1.54, 1.807) is 24.3 Å². The second-order valence-electron chi connectivity index (χ2n) is 7.70. The molecular formula is C20H22Cl2N6O2. The topological polar surface area (TPSA) is 105 Å². The molecule has 10 heteroatoms. The molecular weight excluding hydrogens is 427 g/mol. The molecule has 0 spiro atoms. The van der Waals surface area contributed by atoms with Gasteiger partial charge in [-0.1, -0.05) is 50.9 Å². The summed E-state index contributed by atoms with van der Waals surface area (Å²) in [4.78, 5) is 31.7. The van der Waals surface area contributed by atoms with Crippen LogP contribution >= 0.6 is 23.2 Å². The quantitative estimate of drug-likeness (QED) is 0.534. The minimum absolute atomic E-state index is 0.222. The SMILES string of the molecule is CCc1cc(=O)[nH]c(-n2nc(C(C)(C)C)cc2NC(=O)Nc2ccc(Cl)c(Cl)c2)n1. The number of nitrogens with zero attached hydrogens (tertiary/aromatic N) is 3. The van der Waals surface area contributed by atoms with Crippen LogP contribution in [0.1, 0.15) is 39.1 Å². The van der Waals surface area contributed by atoms with Crippen LogP contribution in [-0.2, 0) is 11.8 Å². The zero-order chi connectivity index (χ0) is 22.1. The molecule has 0 aliphatic rings. The van der Waals surface area contributed by atoms with Crippen molar-refractivity contribution >= 4 is 40.7 Å². The second-order valence-corrected chi connectivity index (χ2v) is 8.51. The average Bonchev–Trinajstić information content (AvgIpc) is 3.08. The first-order valence-electron chi connectivity index (χ1n) is 9.31. The Morgan fingerprint density at radius 2 is 1.87 bits per heavy atom. The Morgan fingerprint density at radius 3 is 2.50 bits per heavy atom. The summed E-state index contributed by atoms with van der Waals surface area (Å²) < 4.78 is 1.41. The maximum Gasteiger partial charge on any atom is 0.324 e. The summed E-state index contributed by atoms with van der Waals surface area (Å²) in [5.74, 6) is 0.577. The van der Waals surface area contributed by atoms with Gasteiger partial charge in [0.2, 0.25) is 5.95 Å². The van der Waals surface area contributed by atoms with Crippen LogP contribution < -0.4 is 16.2 Å².